The number of nitrogens with one attached hydrogen (secondary N) is 1. The number of methoxy groups -OCH3 is 2. The van der Waals surface area contributed by atoms with Crippen LogP contribution in [0.2, 0.25) is 0 Å². The van der Waals surface area contributed by atoms with Crippen LogP contribution in [0.4, 0.5) is 5.69 Å². The van der Waals surface area contributed by atoms with Crippen molar-refractivity contribution in [1.29, 1.82) is 0 Å². The Morgan fingerprint density at radius 2 is 1.93 bits per heavy atom. The number of pyridine rings is 2. The number of fused-ring (bicyclic) bond motifs is 2. The van der Waals surface area contributed by atoms with Gasteiger partial charge in [-0.3, -0.25) is 4.98 Å². The molecule has 0 spiro atoms. The molecule has 6 nitrogen and oxygen atoms in total. The molecule has 0 bridgehead atoms. The maximum Gasteiger partial charge on any atom is 0.257 e. The van der Waals surface area contributed by atoms with Crippen molar-refractivity contribution in [3.8, 4) is 24.0 Å². The van der Waals surface area contributed by atoms with E-state index >= 15 is 0 Å². The largest absolute Gasteiger partial charge is 0.491 e. The number of aryl methyl sites for hydroxylation is 1. The maximum atomic E-state index is 5.50. The van der Waals surface area contributed by atoms with Gasteiger partial charge in [0, 0.05) is 43.9 Å². The highest BCUT2D eigenvalue weighted by atomic mass is 16.5. The molecule has 0 aromatic carbocycles. The zero-order chi connectivity index (χ0) is 20.9. The summed E-state index contributed by atoms with van der Waals surface area (Å²) < 4.78 is 11.0. The normalized spacial score (nSPS) is 17.8. The first-order valence-electron chi connectivity index (χ1n) is 11.1. The van der Waals surface area contributed by atoms with E-state index in [9.17, 15) is 0 Å². The summed E-state index contributed by atoms with van der Waals surface area (Å²) in [5, 5.41) is 3.88. The van der Waals surface area contributed by atoms with Crippen molar-refractivity contribution in [1.82, 2.24) is 14.9 Å². The van der Waals surface area contributed by atoms with Crippen molar-refractivity contribution in [2.24, 2.45) is 0 Å². The summed E-state index contributed by atoms with van der Waals surface area (Å²) in [7, 11) is 3.27. The topological polar surface area (TPSA) is 59.5 Å². The van der Waals surface area contributed by atoms with E-state index in [0.717, 1.165) is 68.5 Å². The van der Waals surface area contributed by atoms with Crippen LogP contribution in [0.1, 0.15) is 49.8 Å². The van der Waals surface area contributed by atoms with Crippen molar-refractivity contribution in [3.05, 3.63) is 17.3 Å². The van der Waals surface area contributed by atoms with Gasteiger partial charge in [-0.25, -0.2) is 4.98 Å². The number of hydrogen-bond acceptors (Lipinski definition) is 6. The van der Waals surface area contributed by atoms with Crippen molar-refractivity contribution in [2.75, 3.05) is 39.2 Å². The number of likely N-dealkylation sites (tertiary alicyclic amines) is 1. The Balaban J connectivity index is 1.68. The van der Waals surface area contributed by atoms with Crippen LogP contribution in [-0.2, 0) is 12.8 Å². The Hall–Kier alpha value is -2.52. The zero-order valence-corrected chi connectivity index (χ0v) is 18.2. The standard InChI is InChI=1S/C24H32N4O2/c1-4-5-13-28-14-11-17(12-15-28)25-22-18-9-7-6-8-10-19(18)26-20-16-21(29-2)24(30-3)27-23(20)22/h1,16-17H,5-15H2,2-3H3,(H,25,26). The van der Waals surface area contributed by atoms with E-state index in [1.807, 2.05) is 6.07 Å². The van der Waals surface area contributed by atoms with E-state index in [0.29, 0.717) is 17.7 Å². The highest BCUT2D eigenvalue weighted by Crippen LogP contribution is 2.37. The molecule has 6 heteroatoms. The highest BCUT2D eigenvalue weighted by Gasteiger charge is 2.24. The fourth-order valence-corrected chi connectivity index (χ4v) is 4.66. The average Bonchev–Trinajstić information content (AvgIpc) is 3.03. The monoisotopic (exact) mass is 408 g/mol. The number of nitrogens with zero attached hydrogens (tertiary/aromatic N) is 3. The molecule has 1 saturated heterocycles. The van der Waals surface area contributed by atoms with Crippen LogP contribution in [0.15, 0.2) is 6.07 Å². The van der Waals surface area contributed by atoms with Crippen LogP contribution in [0.25, 0.3) is 11.0 Å². The number of ether oxygens (including phenoxy) is 2. The minimum absolute atomic E-state index is 0.430. The minimum atomic E-state index is 0.430. The lowest BCUT2D eigenvalue weighted by Gasteiger charge is -2.33. The van der Waals surface area contributed by atoms with E-state index in [-0.39, 0.29) is 0 Å². The van der Waals surface area contributed by atoms with Crippen LogP contribution >= 0.6 is 0 Å². The number of rotatable bonds is 6. The molecule has 0 unspecified atom stereocenters. The smallest absolute Gasteiger partial charge is 0.257 e. The summed E-state index contributed by atoms with van der Waals surface area (Å²) in [5.41, 5.74) is 5.47. The Kier molecular flexibility index (Phi) is 6.59. The van der Waals surface area contributed by atoms with E-state index in [1.165, 1.54) is 30.5 Å². The summed E-state index contributed by atoms with van der Waals surface area (Å²) in [6.45, 7) is 3.15. The summed E-state index contributed by atoms with van der Waals surface area (Å²) in [5.74, 6) is 3.88. The van der Waals surface area contributed by atoms with Crippen molar-refractivity contribution < 1.29 is 9.47 Å². The van der Waals surface area contributed by atoms with Gasteiger partial charge in [0.05, 0.1) is 25.4 Å². The zero-order valence-electron chi connectivity index (χ0n) is 18.2. The maximum absolute atomic E-state index is 5.50. The molecule has 160 valence electrons. The van der Waals surface area contributed by atoms with E-state index in [1.54, 1.807) is 14.2 Å². The lowest BCUT2D eigenvalue weighted by Crippen LogP contribution is -2.39. The molecule has 1 N–H and O–H groups in total. The predicted molar refractivity (Wildman–Crippen MR) is 120 cm³/mol. The Bertz CT molecular complexity index is 929. The van der Waals surface area contributed by atoms with Crippen LogP contribution in [0.5, 0.6) is 11.6 Å². The number of anilines is 1. The number of terminal acetylenes is 1. The minimum Gasteiger partial charge on any atom is -0.491 e. The first-order valence-corrected chi connectivity index (χ1v) is 11.1. The SMILES string of the molecule is C#CCCN1CCC(Nc2c3c(nc4cc(OC)c(OC)nc24)CCCCC3)CC1. The first kappa shape index (κ1) is 20.7. The van der Waals surface area contributed by atoms with Crippen LogP contribution in [0, 0.1) is 12.3 Å². The van der Waals surface area contributed by atoms with Gasteiger partial charge < -0.3 is 19.7 Å². The summed E-state index contributed by atoms with van der Waals surface area (Å²) in [6, 6.07) is 2.39. The third kappa shape index (κ3) is 4.32. The molecular formula is C24H32N4O2. The number of piperidine rings is 1. The predicted octanol–water partition coefficient (Wildman–Crippen LogP) is 3.82. The van der Waals surface area contributed by atoms with Gasteiger partial charge in [-0.05, 0) is 44.1 Å². The molecule has 0 amide bonds. The fraction of sp³-hybridized carbons (Fsp3) is 0.583. The second-order valence-corrected chi connectivity index (χ2v) is 8.25. The van der Waals surface area contributed by atoms with E-state index in [2.05, 4.69) is 16.1 Å². The number of aromatic nitrogens is 2. The molecule has 2 aliphatic rings. The molecule has 2 aromatic rings. The van der Waals surface area contributed by atoms with Crippen molar-refractivity contribution in [3.63, 3.8) is 0 Å². The highest BCUT2D eigenvalue weighted by molar-refractivity contribution is 5.91. The quantitative estimate of drug-likeness (QED) is 0.579. The molecule has 2 aromatic heterocycles. The molecule has 0 radical (unpaired) electrons. The second kappa shape index (κ2) is 9.53. The van der Waals surface area contributed by atoms with Gasteiger partial charge >= 0.3 is 0 Å². The Labute approximate surface area is 179 Å². The lowest BCUT2D eigenvalue weighted by molar-refractivity contribution is 0.224. The first-order chi connectivity index (χ1) is 14.7. The van der Waals surface area contributed by atoms with Gasteiger partial charge in [-0.15, -0.1) is 12.3 Å². The van der Waals surface area contributed by atoms with Crippen LogP contribution in [-0.4, -0.2) is 54.8 Å². The lowest BCUT2D eigenvalue weighted by atomic mass is 10.0. The molecule has 30 heavy (non-hydrogen) atoms. The molecule has 1 aliphatic heterocycles. The van der Waals surface area contributed by atoms with Gasteiger partial charge in [0.25, 0.3) is 5.88 Å². The van der Waals surface area contributed by atoms with Crippen molar-refractivity contribution in [2.45, 2.75) is 57.4 Å². The van der Waals surface area contributed by atoms with Crippen molar-refractivity contribution >= 4 is 16.7 Å². The molecule has 0 saturated carbocycles. The molecule has 0 atom stereocenters. The van der Waals surface area contributed by atoms with Gasteiger partial charge in [-0.2, -0.15) is 0 Å². The van der Waals surface area contributed by atoms with Crippen LogP contribution in [0.3, 0.4) is 0 Å². The molecule has 4 rings (SSSR count). The van der Waals surface area contributed by atoms with Crippen LogP contribution < -0.4 is 14.8 Å². The summed E-state index contributed by atoms with van der Waals surface area (Å²) >= 11 is 0. The third-order valence-electron chi connectivity index (χ3n) is 6.34. The Morgan fingerprint density at radius 1 is 1.13 bits per heavy atom. The number of hydrogen-bond donors (Lipinski definition) is 1. The fourth-order valence-electron chi connectivity index (χ4n) is 4.66. The van der Waals surface area contributed by atoms with Gasteiger partial charge in [0.2, 0.25) is 0 Å². The average molecular weight is 409 g/mol. The van der Waals surface area contributed by atoms with Gasteiger partial charge in [0.15, 0.2) is 5.75 Å². The molecule has 1 fully saturated rings. The van der Waals surface area contributed by atoms with Gasteiger partial charge in [-0.1, -0.05) is 6.42 Å². The van der Waals surface area contributed by atoms with Gasteiger partial charge in [0.1, 0.15) is 5.52 Å². The summed E-state index contributed by atoms with van der Waals surface area (Å²) in [4.78, 5) is 12.3. The second-order valence-electron chi connectivity index (χ2n) is 8.25. The van der Waals surface area contributed by atoms with E-state index in [4.69, 9.17) is 25.9 Å². The molecular weight excluding hydrogens is 376 g/mol. The third-order valence-corrected chi connectivity index (χ3v) is 6.34. The summed E-state index contributed by atoms with van der Waals surface area (Å²) in [6.07, 6.45) is 14.2. The molecule has 3 heterocycles. The van der Waals surface area contributed by atoms with E-state index < -0.39 is 0 Å². The Morgan fingerprint density at radius 3 is 2.67 bits per heavy atom. The molecule has 1 aliphatic carbocycles.